The van der Waals surface area contributed by atoms with Gasteiger partial charge in [0.05, 0.1) is 0 Å². The van der Waals surface area contributed by atoms with Crippen molar-refractivity contribution in [2.24, 2.45) is 0 Å². The Morgan fingerprint density at radius 1 is 1.03 bits per heavy atom. The molecule has 1 aliphatic heterocycles. The van der Waals surface area contributed by atoms with Crippen molar-refractivity contribution in [1.29, 1.82) is 5.26 Å². The molecule has 0 radical (unpaired) electrons. The molecule has 0 N–H and O–H groups in total. The van der Waals surface area contributed by atoms with Crippen molar-refractivity contribution in [3.05, 3.63) is 82.3 Å². The summed E-state index contributed by atoms with van der Waals surface area (Å²) < 4.78 is 5.85. The maximum Gasteiger partial charge on any atom is 0.253 e. The molecule has 6 nitrogen and oxygen atoms in total. The van der Waals surface area contributed by atoms with Crippen LogP contribution in [0.5, 0.6) is 0 Å². The molecular weight excluding hydrogens is 400 g/mol. The molecule has 4 rings (SSSR count). The first-order valence-electron chi connectivity index (χ1n) is 9.58. The molecule has 3 aromatic rings. The molecule has 1 saturated heterocycles. The van der Waals surface area contributed by atoms with Crippen molar-refractivity contribution < 1.29 is 9.21 Å². The van der Waals surface area contributed by atoms with Gasteiger partial charge in [-0.15, -0.1) is 0 Å². The summed E-state index contributed by atoms with van der Waals surface area (Å²) in [4.78, 5) is 20.7. The van der Waals surface area contributed by atoms with Crippen molar-refractivity contribution >= 4 is 35.5 Å². The van der Waals surface area contributed by atoms with Crippen molar-refractivity contribution in [2.45, 2.75) is 0 Å². The first kappa shape index (κ1) is 19.7. The van der Waals surface area contributed by atoms with Gasteiger partial charge < -0.3 is 14.2 Å². The van der Waals surface area contributed by atoms with Gasteiger partial charge in [0, 0.05) is 42.8 Å². The first-order chi connectivity index (χ1) is 14.6. The van der Waals surface area contributed by atoms with Gasteiger partial charge in [0.2, 0.25) is 17.5 Å². The highest BCUT2D eigenvalue weighted by Gasteiger charge is 2.26. The number of piperazine rings is 1. The lowest BCUT2D eigenvalue weighted by Crippen LogP contribution is -2.48. The second-order valence-electron chi connectivity index (χ2n) is 6.85. The minimum Gasteiger partial charge on any atom is -0.420 e. The standard InChI is InChI=1S/C23H19ClN4O2/c24-19-9-6-17(7-10-19)8-11-21-26-20(16-25)23(30-21)28-14-12-27(13-15-28)22(29)18-4-2-1-3-5-18/h1-11H,12-15H2/b11-8+. The van der Waals surface area contributed by atoms with Gasteiger partial charge in [-0.25, -0.2) is 0 Å². The van der Waals surface area contributed by atoms with E-state index in [1.54, 1.807) is 18.2 Å². The maximum atomic E-state index is 12.6. The summed E-state index contributed by atoms with van der Waals surface area (Å²) in [6.45, 7) is 2.25. The molecule has 150 valence electrons. The zero-order valence-corrected chi connectivity index (χ0v) is 16.9. The Hall–Kier alpha value is -3.56. The Labute approximate surface area is 179 Å². The lowest BCUT2D eigenvalue weighted by Gasteiger charge is -2.34. The summed E-state index contributed by atoms with van der Waals surface area (Å²) in [5.74, 6) is 0.819. The van der Waals surface area contributed by atoms with Crippen LogP contribution in [0.2, 0.25) is 5.02 Å². The van der Waals surface area contributed by atoms with E-state index in [4.69, 9.17) is 16.0 Å². The lowest BCUT2D eigenvalue weighted by molar-refractivity contribution is 0.0745. The Balaban J connectivity index is 1.44. The fourth-order valence-corrected chi connectivity index (χ4v) is 3.43. The molecule has 1 aromatic heterocycles. The van der Waals surface area contributed by atoms with Gasteiger partial charge >= 0.3 is 0 Å². The molecule has 0 aliphatic carbocycles. The summed E-state index contributed by atoms with van der Waals surface area (Å²) in [7, 11) is 0. The molecule has 1 aliphatic rings. The third kappa shape index (κ3) is 4.37. The number of oxazole rings is 1. The van der Waals surface area contributed by atoms with Crippen molar-refractivity contribution in [3.8, 4) is 6.07 Å². The highest BCUT2D eigenvalue weighted by Crippen LogP contribution is 2.24. The largest absolute Gasteiger partial charge is 0.420 e. The van der Waals surface area contributed by atoms with E-state index in [2.05, 4.69) is 11.1 Å². The number of nitrogens with zero attached hydrogens (tertiary/aromatic N) is 4. The van der Waals surface area contributed by atoms with Gasteiger partial charge in [0.1, 0.15) is 6.07 Å². The fourth-order valence-electron chi connectivity index (χ4n) is 3.30. The molecule has 0 spiro atoms. The zero-order chi connectivity index (χ0) is 20.9. The number of amides is 1. The number of hydrogen-bond donors (Lipinski definition) is 0. The zero-order valence-electron chi connectivity index (χ0n) is 16.2. The van der Waals surface area contributed by atoms with E-state index in [9.17, 15) is 10.1 Å². The Bertz CT molecular complexity index is 1090. The predicted octanol–water partition coefficient (Wildman–Crippen LogP) is 4.33. The number of benzene rings is 2. The molecule has 2 heterocycles. The van der Waals surface area contributed by atoms with Crippen LogP contribution in [-0.2, 0) is 0 Å². The predicted molar refractivity (Wildman–Crippen MR) is 116 cm³/mol. The van der Waals surface area contributed by atoms with Crippen LogP contribution in [0.1, 0.15) is 27.5 Å². The van der Waals surface area contributed by atoms with Crippen LogP contribution in [0.4, 0.5) is 5.88 Å². The van der Waals surface area contributed by atoms with Gasteiger partial charge in [-0.3, -0.25) is 4.79 Å². The summed E-state index contributed by atoms with van der Waals surface area (Å²) in [6.07, 6.45) is 3.58. The molecule has 0 bridgehead atoms. The van der Waals surface area contributed by atoms with Crippen molar-refractivity contribution in [2.75, 3.05) is 31.1 Å². The smallest absolute Gasteiger partial charge is 0.253 e. The van der Waals surface area contributed by atoms with Gasteiger partial charge in [0.15, 0.2) is 0 Å². The number of aromatic nitrogens is 1. The minimum atomic E-state index is 0.0138. The molecule has 1 amide bonds. The second-order valence-corrected chi connectivity index (χ2v) is 7.28. The van der Waals surface area contributed by atoms with Crippen LogP contribution in [0.15, 0.2) is 59.0 Å². The minimum absolute atomic E-state index is 0.0138. The van der Waals surface area contributed by atoms with Crippen LogP contribution in [0.3, 0.4) is 0 Å². The van der Waals surface area contributed by atoms with Crippen LogP contribution < -0.4 is 4.90 Å². The second kappa shape index (κ2) is 8.85. The monoisotopic (exact) mass is 418 g/mol. The van der Waals surface area contributed by atoms with Crippen molar-refractivity contribution in [3.63, 3.8) is 0 Å². The van der Waals surface area contributed by atoms with Crippen LogP contribution in [0.25, 0.3) is 12.2 Å². The Morgan fingerprint density at radius 2 is 1.73 bits per heavy atom. The van der Waals surface area contributed by atoms with Gasteiger partial charge in [-0.1, -0.05) is 41.9 Å². The Kier molecular flexibility index (Phi) is 5.82. The third-order valence-corrected chi connectivity index (χ3v) is 5.15. The fraction of sp³-hybridized carbons (Fsp3) is 0.174. The highest BCUT2D eigenvalue weighted by molar-refractivity contribution is 6.30. The van der Waals surface area contributed by atoms with Gasteiger partial charge in [-0.2, -0.15) is 10.2 Å². The first-order valence-corrected chi connectivity index (χ1v) is 9.95. The average molecular weight is 419 g/mol. The van der Waals surface area contributed by atoms with E-state index in [0.717, 1.165) is 5.56 Å². The SMILES string of the molecule is N#Cc1nc(/C=C/c2ccc(Cl)cc2)oc1N1CCN(C(=O)c2ccccc2)CC1. The van der Waals surface area contributed by atoms with E-state index < -0.39 is 0 Å². The lowest BCUT2D eigenvalue weighted by atomic mass is 10.2. The van der Waals surface area contributed by atoms with Gasteiger partial charge in [-0.05, 0) is 35.9 Å². The number of carbonyl (C=O) groups excluding carboxylic acids is 1. The number of hydrogen-bond acceptors (Lipinski definition) is 5. The molecular formula is C23H19ClN4O2. The van der Waals surface area contributed by atoms with Crippen molar-refractivity contribution in [1.82, 2.24) is 9.88 Å². The van der Waals surface area contributed by atoms with Crippen LogP contribution in [0, 0.1) is 11.3 Å². The molecule has 30 heavy (non-hydrogen) atoms. The Morgan fingerprint density at radius 3 is 2.40 bits per heavy atom. The molecule has 7 heteroatoms. The molecule has 2 aromatic carbocycles. The molecule has 0 atom stereocenters. The third-order valence-electron chi connectivity index (χ3n) is 4.89. The van der Waals surface area contributed by atoms with E-state index in [1.807, 2.05) is 58.3 Å². The summed E-state index contributed by atoms with van der Waals surface area (Å²) in [5.41, 5.74) is 1.87. The quantitative estimate of drug-likeness (QED) is 0.630. The average Bonchev–Trinajstić information content (AvgIpc) is 3.22. The highest BCUT2D eigenvalue weighted by atomic mass is 35.5. The normalized spacial score (nSPS) is 14.1. The molecule has 0 unspecified atom stereocenters. The number of halogens is 1. The number of rotatable bonds is 4. The van der Waals surface area contributed by atoms with E-state index in [-0.39, 0.29) is 11.6 Å². The summed E-state index contributed by atoms with van der Waals surface area (Å²) >= 11 is 5.90. The molecule has 0 saturated carbocycles. The van der Waals surface area contributed by atoms with E-state index >= 15 is 0 Å². The van der Waals surface area contributed by atoms with Gasteiger partial charge in [0.25, 0.3) is 5.91 Å². The van der Waals surface area contributed by atoms with E-state index in [1.165, 1.54) is 0 Å². The summed E-state index contributed by atoms with van der Waals surface area (Å²) in [6, 6.07) is 18.7. The topological polar surface area (TPSA) is 73.4 Å². The summed E-state index contributed by atoms with van der Waals surface area (Å²) in [5, 5.41) is 10.1. The van der Waals surface area contributed by atoms with E-state index in [0.29, 0.717) is 48.5 Å². The van der Waals surface area contributed by atoms with Crippen LogP contribution in [-0.4, -0.2) is 42.0 Å². The maximum absolute atomic E-state index is 12.6. The van der Waals surface area contributed by atoms with Crippen LogP contribution >= 0.6 is 11.6 Å². The molecule has 1 fully saturated rings. The number of anilines is 1. The number of carbonyl (C=O) groups is 1. The number of nitriles is 1.